The smallest absolute Gasteiger partial charge is 0.907 e. The Bertz CT molecular complexity index is 237. The van der Waals surface area contributed by atoms with E-state index in [0.29, 0.717) is 0 Å². The van der Waals surface area contributed by atoms with Crippen LogP contribution in [0.2, 0.25) is 0 Å². The molecule has 0 aromatic carbocycles. The summed E-state index contributed by atoms with van der Waals surface area (Å²) in [7, 11) is -35.0. The van der Waals surface area contributed by atoms with Crippen molar-refractivity contribution >= 4 is 87.9 Å². The molecule has 0 bridgehead atoms. The van der Waals surface area contributed by atoms with Crippen molar-refractivity contribution in [2.24, 2.45) is 0 Å². The Labute approximate surface area is 400 Å². The summed E-state index contributed by atoms with van der Waals surface area (Å²) in [5, 5.41) is 303. The fourth-order valence-corrected chi connectivity index (χ4v) is 0. The van der Waals surface area contributed by atoms with Gasteiger partial charge in [0, 0.05) is 0 Å². The fraction of sp³-hybridized carbons (Fsp3) is 0. The van der Waals surface area contributed by atoms with Crippen molar-refractivity contribution in [3.63, 3.8) is 0 Å². The molecule has 0 rings (SSSR count). The summed E-state index contributed by atoms with van der Waals surface area (Å²) in [6.07, 6.45) is 0. The van der Waals surface area contributed by atoms with Gasteiger partial charge in [0.25, 0.3) is 0 Å². The Kier molecular flexibility index (Phi) is 444. The molecule has 0 aliphatic heterocycles. The van der Waals surface area contributed by atoms with Gasteiger partial charge in [-0.2, -0.15) is 0 Å². The molecule has 0 radical (unpaired) electrons. The molecular formula is H24B12CsO48-35. The summed E-state index contributed by atoms with van der Waals surface area (Å²) in [5.74, 6) is 0. The zero-order chi connectivity index (χ0) is 42.9. The van der Waals surface area contributed by atoms with E-state index in [1.165, 1.54) is 0 Å². The van der Waals surface area contributed by atoms with Crippen LogP contribution in [-0.2, 0) is 0 Å². The van der Waals surface area contributed by atoms with Crippen molar-refractivity contribution in [1.82, 2.24) is 0 Å². The summed E-state index contributed by atoms with van der Waals surface area (Å²) in [6, 6.07) is 0. The van der Waals surface area contributed by atoms with Gasteiger partial charge in [-0.05, 0) is 0 Å². The van der Waals surface area contributed by atoms with Gasteiger partial charge in [0.05, 0.1) is 0 Å². The van der Waals surface area contributed by atoms with E-state index in [1.54, 1.807) is 0 Å². The van der Waals surface area contributed by atoms with Gasteiger partial charge in [0.1, 0.15) is 0 Å². The zero-order valence-corrected chi connectivity index (χ0v) is 34.9. The maximum atomic E-state index is 8.42. The first-order valence-corrected chi connectivity index (χ1v) is 8.49. The SMILES string of the molecule is O.O.O.O.O.O.O.O.O.O.O.O.[Cs+].[O-]B([O-])[O-].[O-]B([O-])[O-].[O-]B([O-])[O-].[O-]B([O-])[O-].[O-]B([O-])[O-].[O-]B([O-])[O-].[O-]B([O-])[O-].[O-]B([O-])[O-].[O-]B([O-])[O-].[O-]B([O-])[O-].[O-]B([O-])[O-].[O-]B([O-])[O-]. The van der Waals surface area contributed by atoms with Crippen molar-refractivity contribution < 1.29 is 315 Å². The third-order valence-electron chi connectivity index (χ3n) is 0. The molecule has 0 saturated heterocycles. The van der Waals surface area contributed by atoms with Crippen molar-refractivity contribution in [2.75, 3.05) is 0 Å². The fourth-order valence-electron chi connectivity index (χ4n) is 0. The molecule has 384 valence electrons. The Morgan fingerprint density at radius 2 is 0.0984 bits per heavy atom. The predicted molar refractivity (Wildman–Crippen MR) is 112 cm³/mol. The van der Waals surface area contributed by atoms with E-state index in [4.69, 9.17) is 181 Å². The minimum Gasteiger partial charge on any atom is -0.907 e. The monoisotopic (exact) mass is 1060 g/mol. The van der Waals surface area contributed by atoms with E-state index >= 15 is 0 Å². The average molecular weight is 1050 g/mol. The Morgan fingerprint density at radius 1 is 0.0984 bits per heavy atom. The number of rotatable bonds is 0. The third kappa shape index (κ3) is 255000. The second-order valence-corrected chi connectivity index (χ2v) is 3.46. The second-order valence-electron chi connectivity index (χ2n) is 3.46. The first-order chi connectivity index (χ1) is 20.8. The molecule has 61 heavy (non-hydrogen) atoms. The van der Waals surface area contributed by atoms with Crippen molar-refractivity contribution in [3.05, 3.63) is 0 Å². The van der Waals surface area contributed by atoms with Crippen LogP contribution in [0.15, 0.2) is 0 Å². The molecule has 0 aliphatic rings. The van der Waals surface area contributed by atoms with Gasteiger partial charge in [-0.3, -0.25) is 87.9 Å². The second kappa shape index (κ2) is 160. The van der Waals surface area contributed by atoms with Crippen molar-refractivity contribution in [3.8, 4) is 0 Å². The van der Waals surface area contributed by atoms with Gasteiger partial charge >= 0.3 is 68.9 Å². The Balaban J connectivity index is -0.00000000989. The topological polar surface area (TPSA) is 1210 Å². The van der Waals surface area contributed by atoms with Crippen LogP contribution in [0.25, 0.3) is 0 Å². The maximum absolute atomic E-state index is 8.42. The summed E-state index contributed by atoms with van der Waals surface area (Å²) in [4.78, 5) is 0. The molecule has 0 aliphatic carbocycles. The molecule has 0 aromatic rings. The van der Waals surface area contributed by atoms with Gasteiger partial charge in [0.2, 0.25) is 0 Å². The molecule has 61 heteroatoms. The summed E-state index contributed by atoms with van der Waals surface area (Å²) in [6.45, 7) is 0. The van der Waals surface area contributed by atoms with Gasteiger partial charge in [-0.1, -0.05) is 0 Å². The van der Waals surface area contributed by atoms with Crippen LogP contribution in [-0.4, -0.2) is 154 Å². The van der Waals surface area contributed by atoms with Crippen LogP contribution in [0.3, 0.4) is 0 Å². The summed E-state index contributed by atoms with van der Waals surface area (Å²) >= 11 is 0. The molecule has 0 saturated carbocycles. The molecule has 0 unspecified atom stereocenters. The third-order valence-corrected chi connectivity index (χ3v) is 0. The van der Waals surface area contributed by atoms with Gasteiger partial charge in [-0.15, -0.1) is 0 Å². The molecule has 48 nitrogen and oxygen atoms in total. The van der Waals surface area contributed by atoms with Crippen LogP contribution in [0.1, 0.15) is 0 Å². The minimum absolute atomic E-state index is 0. The van der Waals surface area contributed by atoms with E-state index in [-0.39, 0.29) is 135 Å². The van der Waals surface area contributed by atoms with E-state index in [0.717, 1.165) is 0 Å². The normalized spacial score (nSPS) is 5.31. The van der Waals surface area contributed by atoms with Crippen LogP contribution < -0.4 is 250 Å². The molecule has 0 heterocycles. The van der Waals surface area contributed by atoms with E-state index in [1.807, 2.05) is 0 Å². The summed E-state index contributed by atoms with van der Waals surface area (Å²) in [5.41, 5.74) is 0. The van der Waals surface area contributed by atoms with Gasteiger partial charge in [0.15, 0.2) is 0 Å². The molecule has 0 atom stereocenters. The van der Waals surface area contributed by atoms with Crippen molar-refractivity contribution in [2.45, 2.75) is 0 Å². The van der Waals surface area contributed by atoms with Gasteiger partial charge < -0.3 is 247 Å². The zero-order valence-electron chi connectivity index (χ0n) is 28.6. The first kappa shape index (κ1) is 169. The maximum Gasteiger partial charge on any atom is 1.00 e. The Hall–Kier alpha value is 0.911. The average Bonchev–Trinajstić information content (AvgIpc) is 2.61. The van der Waals surface area contributed by atoms with Crippen LogP contribution in [0.5, 0.6) is 0 Å². The molecule has 0 amide bonds. The van der Waals surface area contributed by atoms with Crippen molar-refractivity contribution in [1.29, 1.82) is 0 Å². The quantitative estimate of drug-likeness (QED) is 0.203. The summed E-state index contributed by atoms with van der Waals surface area (Å²) < 4.78 is 0. The Morgan fingerprint density at radius 3 is 0.0984 bits per heavy atom. The van der Waals surface area contributed by atoms with E-state index < -0.39 is 87.9 Å². The first-order valence-electron chi connectivity index (χ1n) is 8.49. The van der Waals surface area contributed by atoms with Crippen LogP contribution >= 0.6 is 0 Å². The van der Waals surface area contributed by atoms with E-state index in [2.05, 4.69) is 0 Å². The molecule has 0 fully saturated rings. The number of hydrogen-bond donors (Lipinski definition) is 0. The van der Waals surface area contributed by atoms with E-state index in [9.17, 15) is 0 Å². The molecular weight excluding hydrogens is 1030 g/mol. The van der Waals surface area contributed by atoms with Crippen LogP contribution in [0.4, 0.5) is 0 Å². The largest absolute Gasteiger partial charge is 1.00 e. The standard InChI is InChI=1S/12BO3.Cs.12H2O/c12*2-1(3)4;;;;;;;;;;;;;/h;;;;;;;;;;;;;12*1H2/q12*-3;+1;;;;;;;;;;;;. The molecule has 0 spiro atoms. The molecule has 24 N–H and O–H groups in total. The minimum atomic E-state index is -2.92. The predicted octanol–water partition coefficient (Wildman–Crippen LogP) is -60.3. The van der Waals surface area contributed by atoms with Gasteiger partial charge in [-0.25, -0.2) is 0 Å². The number of hydrogen-bond acceptors (Lipinski definition) is 36. The molecule has 0 aromatic heterocycles. The van der Waals surface area contributed by atoms with Crippen LogP contribution in [0, 0.1) is 0 Å².